The summed E-state index contributed by atoms with van der Waals surface area (Å²) < 4.78 is 11.1. The van der Waals surface area contributed by atoms with E-state index in [2.05, 4.69) is 15.8 Å². The van der Waals surface area contributed by atoms with Crippen LogP contribution in [0.15, 0.2) is 29.4 Å². The SMILES string of the molecule is CCN(CC)C(=O)COc1ccc(/C(C)=N\NC(=S)NC[C@H]2CCCO2)cc1. The number of nitrogens with zero attached hydrogens (tertiary/aromatic N) is 2. The highest BCUT2D eigenvalue weighted by Gasteiger charge is 2.15. The number of carbonyl (C=O) groups excluding carboxylic acids is 1. The van der Waals surface area contributed by atoms with Crippen molar-refractivity contribution in [1.29, 1.82) is 0 Å². The summed E-state index contributed by atoms with van der Waals surface area (Å²) in [4.78, 5) is 13.7. The number of likely N-dealkylation sites (N-methyl/N-ethyl adjacent to an activating group) is 1. The van der Waals surface area contributed by atoms with Gasteiger partial charge in [-0.25, -0.2) is 0 Å². The number of hydrazone groups is 1. The van der Waals surface area contributed by atoms with E-state index >= 15 is 0 Å². The van der Waals surface area contributed by atoms with E-state index in [0.29, 0.717) is 30.5 Å². The predicted octanol–water partition coefficient (Wildman–Crippen LogP) is 2.30. The monoisotopic (exact) mass is 406 g/mol. The molecule has 0 saturated carbocycles. The minimum atomic E-state index is -0.0139. The molecule has 0 radical (unpaired) electrons. The Bertz CT molecular complexity index is 669. The number of benzene rings is 1. The molecule has 1 aliphatic heterocycles. The van der Waals surface area contributed by atoms with Gasteiger partial charge in [0, 0.05) is 26.2 Å². The first kappa shape index (κ1) is 22.1. The third kappa shape index (κ3) is 7.09. The lowest BCUT2D eigenvalue weighted by atomic mass is 10.1. The van der Waals surface area contributed by atoms with Gasteiger partial charge in [0.05, 0.1) is 11.8 Å². The topological polar surface area (TPSA) is 75.2 Å². The smallest absolute Gasteiger partial charge is 0.260 e. The molecule has 1 heterocycles. The van der Waals surface area contributed by atoms with Crippen LogP contribution in [-0.4, -0.2) is 60.6 Å². The molecule has 1 fully saturated rings. The van der Waals surface area contributed by atoms with Crippen molar-refractivity contribution in [2.24, 2.45) is 5.10 Å². The van der Waals surface area contributed by atoms with Crippen molar-refractivity contribution in [1.82, 2.24) is 15.6 Å². The highest BCUT2D eigenvalue weighted by Crippen LogP contribution is 2.13. The van der Waals surface area contributed by atoms with Gasteiger partial charge in [-0.2, -0.15) is 5.10 Å². The van der Waals surface area contributed by atoms with Crippen LogP contribution < -0.4 is 15.5 Å². The lowest BCUT2D eigenvalue weighted by molar-refractivity contribution is -0.132. The summed E-state index contributed by atoms with van der Waals surface area (Å²) in [5.41, 5.74) is 4.60. The number of hydrogen-bond donors (Lipinski definition) is 2. The molecule has 1 amide bonds. The third-order valence-corrected chi connectivity index (χ3v) is 4.83. The van der Waals surface area contributed by atoms with Crippen LogP contribution in [0.5, 0.6) is 5.75 Å². The van der Waals surface area contributed by atoms with Crippen molar-refractivity contribution < 1.29 is 14.3 Å². The first-order valence-electron chi connectivity index (χ1n) is 9.74. The van der Waals surface area contributed by atoms with Crippen LogP contribution in [0, 0.1) is 0 Å². The normalized spacial score (nSPS) is 16.5. The Morgan fingerprint density at radius 1 is 1.32 bits per heavy atom. The molecule has 28 heavy (non-hydrogen) atoms. The first-order valence-corrected chi connectivity index (χ1v) is 10.1. The zero-order chi connectivity index (χ0) is 20.4. The van der Waals surface area contributed by atoms with Crippen molar-refractivity contribution in [3.63, 3.8) is 0 Å². The van der Waals surface area contributed by atoms with Gasteiger partial charge in [0.15, 0.2) is 11.7 Å². The van der Waals surface area contributed by atoms with Crippen LogP contribution in [0.25, 0.3) is 0 Å². The summed E-state index contributed by atoms with van der Waals surface area (Å²) in [7, 11) is 0. The highest BCUT2D eigenvalue weighted by molar-refractivity contribution is 7.80. The van der Waals surface area contributed by atoms with Gasteiger partial charge in [0.2, 0.25) is 0 Å². The fraction of sp³-hybridized carbons (Fsp3) is 0.550. The molecule has 0 spiro atoms. The van der Waals surface area contributed by atoms with E-state index in [0.717, 1.165) is 30.7 Å². The molecular formula is C20H30N4O3S. The predicted molar refractivity (Wildman–Crippen MR) is 115 cm³/mol. The second kappa shape index (κ2) is 11.6. The number of thiocarbonyl (C=S) groups is 1. The summed E-state index contributed by atoms with van der Waals surface area (Å²) in [5, 5.41) is 7.90. The Morgan fingerprint density at radius 3 is 2.64 bits per heavy atom. The minimum absolute atomic E-state index is 0.0139. The van der Waals surface area contributed by atoms with E-state index in [1.807, 2.05) is 45.0 Å². The van der Waals surface area contributed by atoms with Gasteiger partial charge < -0.3 is 19.7 Å². The molecule has 0 unspecified atom stereocenters. The van der Waals surface area contributed by atoms with Crippen molar-refractivity contribution in [3.8, 4) is 5.75 Å². The lowest BCUT2D eigenvalue weighted by Crippen LogP contribution is -2.37. The standard InChI is InChI=1S/C20H30N4O3S/c1-4-24(5-2)19(25)14-27-17-10-8-16(9-11-17)15(3)22-23-20(28)21-13-18-7-6-12-26-18/h8-11,18H,4-7,12-14H2,1-3H3,(H2,21,23,28)/b22-15-/t18-/m1/s1. The van der Waals surface area contributed by atoms with E-state index in [1.54, 1.807) is 4.90 Å². The number of amides is 1. The van der Waals surface area contributed by atoms with Gasteiger partial charge in [0.25, 0.3) is 5.91 Å². The average molecular weight is 407 g/mol. The molecule has 0 aliphatic carbocycles. The van der Waals surface area contributed by atoms with E-state index in [-0.39, 0.29) is 18.6 Å². The molecule has 1 saturated heterocycles. The Hall–Kier alpha value is -2.19. The van der Waals surface area contributed by atoms with Crippen LogP contribution in [0.4, 0.5) is 0 Å². The average Bonchev–Trinajstić information content (AvgIpc) is 3.24. The molecule has 154 valence electrons. The molecule has 7 nitrogen and oxygen atoms in total. The van der Waals surface area contributed by atoms with Gasteiger partial charge in [-0.15, -0.1) is 0 Å². The molecule has 2 N–H and O–H groups in total. The van der Waals surface area contributed by atoms with E-state index in [4.69, 9.17) is 21.7 Å². The third-order valence-electron chi connectivity index (χ3n) is 4.59. The maximum atomic E-state index is 12.0. The molecule has 1 aliphatic rings. The summed E-state index contributed by atoms with van der Waals surface area (Å²) in [6, 6.07) is 7.47. The van der Waals surface area contributed by atoms with Crippen LogP contribution >= 0.6 is 12.2 Å². The van der Waals surface area contributed by atoms with Gasteiger partial charge in [0.1, 0.15) is 5.75 Å². The Labute approximate surface area is 172 Å². The Morgan fingerprint density at radius 2 is 2.04 bits per heavy atom. The fourth-order valence-corrected chi connectivity index (χ4v) is 2.98. The first-order chi connectivity index (χ1) is 13.5. The Kier molecular flexibility index (Phi) is 9.16. The van der Waals surface area contributed by atoms with Gasteiger partial charge in [-0.3, -0.25) is 10.2 Å². The van der Waals surface area contributed by atoms with E-state index in [9.17, 15) is 4.79 Å². The minimum Gasteiger partial charge on any atom is -0.484 e. The molecule has 1 atom stereocenters. The van der Waals surface area contributed by atoms with Gasteiger partial charge in [-0.05, 0) is 75.7 Å². The molecule has 0 aromatic heterocycles. The largest absolute Gasteiger partial charge is 0.484 e. The second-order valence-corrected chi connectivity index (χ2v) is 6.94. The summed E-state index contributed by atoms with van der Waals surface area (Å²) in [6.45, 7) is 8.74. The van der Waals surface area contributed by atoms with Crippen molar-refractivity contribution in [3.05, 3.63) is 29.8 Å². The van der Waals surface area contributed by atoms with Crippen LogP contribution in [-0.2, 0) is 9.53 Å². The molecular weight excluding hydrogens is 376 g/mol. The van der Waals surface area contributed by atoms with Crippen LogP contribution in [0.1, 0.15) is 39.2 Å². The lowest BCUT2D eigenvalue weighted by Gasteiger charge is -2.18. The van der Waals surface area contributed by atoms with Gasteiger partial charge in [-0.1, -0.05) is 0 Å². The highest BCUT2D eigenvalue weighted by atomic mass is 32.1. The second-order valence-electron chi connectivity index (χ2n) is 6.53. The molecule has 1 aromatic rings. The van der Waals surface area contributed by atoms with Gasteiger partial charge >= 0.3 is 0 Å². The zero-order valence-corrected chi connectivity index (χ0v) is 17.7. The van der Waals surface area contributed by atoms with Crippen molar-refractivity contribution >= 4 is 28.9 Å². The van der Waals surface area contributed by atoms with Crippen molar-refractivity contribution in [2.45, 2.75) is 39.7 Å². The van der Waals surface area contributed by atoms with E-state index < -0.39 is 0 Å². The molecule has 1 aromatic carbocycles. The number of rotatable bonds is 9. The van der Waals surface area contributed by atoms with E-state index in [1.165, 1.54) is 0 Å². The maximum absolute atomic E-state index is 12.0. The number of carbonyl (C=O) groups is 1. The zero-order valence-electron chi connectivity index (χ0n) is 16.9. The van der Waals surface area contributed by atoms with Crippen LogP contribution in [0.3, 0.4) is 0 Å². The summed E-state index contributed by atoms with van der Waals surface area (Å²) in [5.74, 6) is 0.638. The number of ether oxygens (including phenoxy) is 2. The number of hydrogen-bond acceptors (Lipinski definition) is 5. The fourth-order valence-electron chi connectivity index (χ4n) is 2.86. The molecule has 0 bridgehead atoms. The van der Waals surface area contributed by atoms with Crippen molar-refractivity contribution in [2.75, 3.05) is 32.8 Å². The number of nitrogens with one attached hydrogen (secondary N) is 2. The quantitative estimate of drug-likeness (QED) is 0.372. The molecule has 8 heteroatoms. The van der Waals surface area contributed by atoms with Crippen LogP contribution in [0.2, 0.25) is 0 Å². The molecule has 2 rings (SSSR count). The summed E-state index contributed by atoms with van der Waals surface area (Å²) in [6.07, 6.45) is 2.39. The maximum Gasteiger partial charge on any atom is 0.260 e. The Balaban J connectivity index is 1.78. The summed E-state index contributed by atoms with van der Waals surface area (Å²) >= 11 is 5.24.